The maximum atomic E-state index is 5.82. The predicted molar refractivity (Wildman–Crippen MR) is 76.8 cm³/mol. The topological polar surface area (TPSA) is 69.6 Å². The van der Waals surface area contributed by atoms with E-state index < -0.39 is 0 Å². The summed E-state index contributed by atoms with van der Waals surface area (Å²) >= 11 is 0. The number of nitrogen functional groups attached to an aromatic ring is 1. The van der Waals surface area contributed by atoms with Gasteiger partial charge in [-0.15, -0.1) is 5.10 Å². The molecule has 2 fully saturated rings. The highest BCUT2D eigenvalue weighted by atomic mass is 15.5. The third-order valence-corrected chi connectivity index (χ3v) is 4.82. The van der Waals surface area contributed by atoms with E-state index >= 15 is 0 Å². The zero-order chi connectivity index (χ0) is 13.7. The number of aryl methyl sites for hydroxylation is 1. The molecule has 5 nitrogen and oxygen atoms in total. The Hall–Kier alpha value is -1.91. The van der Waals surface area contributed by atoms with E-state index in [2.05, 4.69) is 22.4 Å². The highest BCUT2D eigenvalue weighted by Crippen LogP contribution is 2.62. The van der Waals surface area contributed by atoms with E-state index in [1.165, 1.54) is 25.7 Å². The van der Waals surface area contributed by atoms with Gasteiger partial charge in [-0.25, -0.2) is 4.68 Å². The molecule has 5 heteroatoms. The van der Waals surface area contributed by atoms with Crippen LogP contribution in [0.1, 0.15) is 31.2 Å². The molecule has 0 aliphatic heterocycles. The molecule has 1 heterocycles. The van der Waals surface area contributed by atoms with Crippen LogP contribution in [0.2, 0.25) is 0 Å². The first-order chi connectivity index (χ1) is 9.68. The second-order valence-corrected chi connectivity index (χ2v) is 6.37. The predicted octanol–water partition coefficient (Wildman–Crippen LogP) is 2.42. The maximum absolute atomic E-state index is 5.82. The molecule has 0 amide bonds. The van der Waals surface area contributed by atoms with Gasteiger partial charge in [-0.3, -0.25) is 0 Å². The van der Waals surface area contributed by atoms with Crippen LogP contribution in [0.15, 0.2) is 18.2 Å². The molecule has 104 valence electrons. The van der Waals surface area contributed by atoms with Crippen molar-refractivity contribution in [3.8, 4) is 11.4 Å². The SMILES string of the molecule is Cc1cc(N)ccc1-c1nnnn1CC1(C2CC2)CC1. The Balaban J connectivity index is 1.67. The Morgan fingerprint density at radius 2 is 2.15 bits per heavy atom. The number of nitrogens with two attached hydrogens (primary N) is 1. The van der Waals surface area contributed by atoms with Crippen LogP contribution in [0.25, 0.3) is 11.4 Å². The number of hydrogen-bond donors (Lipinski definition) is 1. The number of hydrogen-bond acceptors (Lipinski definition) is 4. The Morgan fingerprint density at radius 3 is 2.80 bits per heavy atom. The summed E-state index contributed by atoms with van der Waals surface area (Å²) < 4.78 is 1.99. The maximum Gasteiger partial charge on any atom is 0.182 e. The summed E-state index contributed by atoms with van der Waals surface area (Å²) in [6.45, 7) is 3.02. The summed E-state index contributed by atoms with van der Waals surface area (Å²) in [5.74, 6) is 1.78. The van der Waals surface area contributed by atoms with Crippen LogP contribution in [-0.4, -0.2) is 20.2 Å². The first kappa shape index (κ1) is 11.9. The Labute approximate surface area is 118 Å². The molecule has 2 aromatic rings. The smallest absolute Gasteiger partial charge is 0.182 e. The number of benzene rings is 1. The van der Waals surface area contributed by atoms with E-state index in [0.29, 0.717) is 5.41 Å². The van der Waals surface area contributed by atoms with Gasteiger partial charge in [0.25, 0.3) is 0 Å². The minimum Gasteiger partial charge on any atom is -0.399 e. The quantitative estimate of drug-likeness (QED) is 0.865. The van der Waals surface area contributed by atoms with E-state index in [1.54, 1.807) is 0 Å². The van der Waals surface area contributed by atoms with Crippen molar-refractivity contribution in [3.63, 3.8) is 0 Å². The third-order valence-electron chi connectivity index (χ3n) is 4.82. The fourth-order valence-electron chi connectivity index (χ4n) is 3.29. The lowest BCUT2D eigenvalue weighted by molar-refractivity contribution is 0.348. The lowest BCUT2D eigenvalue weighted by Crippen LogP contribution is -2.16. The van der Waals surface area contributed by atoms with Gasteiger partial charge in [0, 0.05) is 11.3 Å². The zero-order valence-corrected chi connectivity index (χ0v) is 11.7. The van der Waals surface area contributed by atoms with Gasteiger partial charge in [0.15, 0.2) is 5.82 Å². The molecular formula is C15H19N5. The minimum atomic E-state index is 0.492. The van der Waals surface area contributed by atoms with E-state index in [-0.39, 0.29) is 0 Å². The summed E-state index contributed by atoms with van der Waals surface area (Å²) in [5, 5.41) is 12.3. The molecule has 0 saturated heterocycles. The molecule has 0 bridgehead atoms. The fourth-order valence-corrected chi connectivity index (χ4v) is 3.29. The summed E-state index contributed by atoms with van der Waals surface area (Å²) in [4.78, 5) is 0. The molecule has 0 atom stereocenters. The number of aromatic nitrogens is 4. The van der Waals surface area contributed by atoms with Crippen LogP contribution in [-0.2, 0) is 6.54 Å². The van der Waals surface area contributed by atoms with Crippen molar-refractivity contribution in [1.29, 1.82) is 0 Å². The molecule has 1 aromatic carbocycles. The van der Waals surface area contributed by atoms with Gasteiger partial charge >= 0.3 is 0 Å². The fraction of sp³-hybridized carbons (Fsp3) is 0.533. The van der Waals surface area contributed by atoms with Crippen LogP contribution in [0, 0.1) is 18.3 Å². The van der Waals surface area contributed by atoms with Gasteiger partial charge in [0.05, 0.1) is 6.54 Å². The van der Waals surface area contributed by atoms with Gasteiger partial charge in [-0.05, 0) is 78.1 Å². The summed E-state index contributed by atoms with van der Waals surface area (Å²) in [6.07, 6.45) is 5.44. The molecule has 0 spiro atoms. The largest absolute Gasteiger partial charge is 0.399 e. The monoisotopic (exact) mass is 269 g/mol. The van der Waals surface area contributed by atoms with E-state index in [4.69, 9.17) is 5.73 Å². The van der Waals surface area contributed by atoms with Crippen LogP contribution < -0.4 is 5.73 Å². The Morgan fingerprint density at radius 1 is 1.35 bits per heavy atom. The molecule has 2 aliphatic carbocycles. The summed E-state index contributed by atoms with van der Waals surface area (Å²) in [6, 6.07) is 5.90. The number of tetrazole rings is 1. The van der Waals surface area contributed by atoms with Crippen LogP contribution in [0.3, 0.4) is 0 Å². The lowest BCUT2D eigenvalue weighted by atomic mass is 10.0. The Bertz CT molecular complexity index is 652. The second-order valence-electron chi connectivity index (χ2n) is 6.37. The zero-order valence-electron chi connectivity index (χ0n) is 11.7. The average Bonchev–Trinajstić information content (AvgIpc) is 3.29. The lowest BCUT2D eigenvalue weighted by Gasteiger charge is -2.15. The van der Waals surface area contributed by atoms with Gasteiger partial charge in [-0.1, -0.05) is 0 Å². The van der Waals surface area contributed by atoms with Crippen molar-refractivity contribution < 1.29 is 0 Å². The highest BCUT2D eigenvalue weighted by Gasteiger charge is 2.54. The second kappa shape index (κ2) is 4.04. The summed E-state index contributed by atoms with van der Waals surface area (Å²) in [7, 11) is 0. The standard InChI is InChI=1S/C15H19N5/c1-10-8-12(16)4-5-13(10)14-17-18-19-20(14)9-15(6-7-15)11-2-3-11/h4-5,8,11H,2-3,6-7,9,16H2,1H3. The van der Waals surface area contributed by atoms with Crippen LogP contribution in [0.5, 0.6) is 0 Å². The van der Waals surface area contributed by atoms with Gasteiger partial charge in [0.1, 0.15) is 0 Å². The molecule has 0 radical (unpaired) electrons. The molecule has 2 saturated carbocycles. The van der Waals surface area contributed by atoms with Crippen LogP contribution >= 0.6 is 0 Å². The van der Waals surface area contributed by atoms with Gasteiger partial charge < -0.3 is 5.73 Å². The molecule has 2 N–H and O–H groups in total. The molecule has 0 unspecified atom stereocenters. The number of rotatable bonds is 4. The van der Waals surface area contributed by atoms with Gasteiger partial charge in [-0.2, -0.15) is 0 Å². The first-order valence-electron chi connectivity index (χ1n) is 7.31. The molecule has 20 heavy (non-hydrogen) atoms. The summed E-state index contributed by atoms with van der Waals surface area (Å²) in [5.41, 5.74) is 9.29. The average molecular weight is 269 g/mol. The first-order valence-corrected chi connectivity index (χ1v) is 7.31. The van der Waals surface area contributed by atoms with Crippen molar-refractivity contribution in [1.82, 2.24) is 20.2 Å². The number of nitrogens with zero attached hydrogens (tertiary/aromatic N) is 4. The Kier molecular flexibility index (Phi) is 2.40. The van der Waals surface area contributed by atoms with Gasteiger partial charge in [0.2, 0.25) is 0 Å². The number of anilines is 1. The molecular weight excluding hydrogens is 250 g/mol. The van der Waals surface area contributed by atoms with Crippen molar-refractivity contribution in [3.05, 3.63) is 23.8 Å². The van der Waals surface area contributed by atoms with E-state index in [0.717, 1.165) is 35.1 Å². The van der Waals surface area contributed by atoms with E-state index in [9.17, 15) is 0 Å². The van der Waals surface area contributed by atoms with Crippen molar-refractivity contribution in [2.45, 2.75) is 39.2 Å². The molecule has 2 aliphatic rings. The van der Waals surface area contributed by atoms with Crippen molar-refractivity contribution in [2.24, 2.45) is 11.3 Å². The van der Waals surface area contributed by atoms with E-state index in [1.807, 2.05) is 22.9 Å². The minimum absolute atomic E-state index is 0.492. The highest BCUT2D eigenvalue weighted by molar-refractivity contribution is 5.63. The molecule has 1 aromatic heterocycles. The van der Waals surface area contributed by atoms with Crippen molar-refractivity contribution in [2.75, 3.05) is 5.73 Å². The molecule has 4 rings (SSSR count). The third kappa shape index (κ3) is 1.88. The van der Waals surface area contributed by atoms with Crippen molar-refractivity contribution >= 4 is 5.69 Å². The van der Waals surface area contributed by atoms with Crippen LogP contribution in [0.4, 0.5) is 5.69 Å². The normalized spacial score (nSPS) is 20.1.